The second kappa shape index (κ2) is 10.8. The highest BCUT2D eigenvalue weighted by Crippen LogP contribution is 2.34. The molecule has 2 aliphatic rings. The lowest BCUT2D eigenvalue weighted by molar-refractivity contribution is 0.106. The molecule has 1 saturated heterocycles. The van der Waals surface area contributed by atoms with Crippen molar-refractivity contribution in [2.75, 3.05) is 17.4 Å². The first-order valence-corrected chi connectivity index (χ1v) is 14.1. The van der Waals surface area contributed by atoms with E-state index in [2.05, 4.69) is 15.1 Å². The van der Waals surface area contributed by atoms with Crippen molar-refractivity contribution in [3.05, 3.63) is 64.5 Å². The van der Waals surface area contributed by atoms with Crippen molar-refractivity contribution in [2.24, 2.45) is 0 Å². The van der Waals surface area contributed by atoms with Crippen molar-refractivity contribution in [3.63, 3.8) is 0 Å². The molecule has 0 atom stereocenters. The number of halogens is 5. The van der Waals surface area contributed by atoms with Gasteiger partial charge in [-0.2, -0.15) is 8.78 Å². The van der Waals surface area contributed by atoms with Gasteiger partial charge in [-0.1, -0.05) is 24.1 Å². The van der Waals surface area contributed by atoms with Gasteiger partial charge in [0.2, 0.25) is 15.9 Å². The predicted octanol–water partition coefficient (Wildman–Crippen LogP) is 5.96. The van der Waals surface area contributed by atoms with Crippen LogP contribution in [0.15, 0.2) is 40.8 Å². The molecule has 5 rings (SSSR count). The Labute approximate surface area is 222 Å². The minimum Gasteiger partial charge on any atom is -0.415 e. The Morgan fingerprint density at radius 3 is 2.34 bits per heavy atom. The Bertz CT molecular complexity index is 1410. The van der Waals surface area contributed by atoms with Crippen molar-refractivity contribution in [3.8, 4) is 11.5 Å². The zero-order chi connectivity index (χ0) is 27.0. The summed E-state index contributed by atoms with van der Waals surface area (Å²) in [6, 6.07) is 7.78. The van der Waals surface area contributed by atoms with Crippen molar-refractivity contribution in [1.29, 1.82) is 0 Å². The maximum Gasteiger partial charge on any atom is 0.314 e. The molecule has 13 heteroatoms. The van der Waals surface area contributed by atoms with Crippen LogP contribution in [-0.2, 0) is 16.6 Å². The van der Waals surface area contributed by atoms with E-state index in [0.717, 1.165) is 29.3 Å². The summed E-state index contributed by atoms with van der Waals surface area (Å²) in [7, 11) is -3.99. The fourth-order valence-electron chi connectivity index (χ4n) is 4.84. The van der Waals surface area contributed by atoms with E-state index in [1.165, 1.54) is 30.7 Å². The average molecular weight is 573 g/mol. The van der Waals surface area contributed by atoms with Crippen molar-refractivity contribution in [1.82, 2.24) is 15.1 Å². The van der Waals surface area contributed by atoms with E-state index in [1.54, 1.807) is 0 Å². The Morgan fingerprint density at radius 1 is 1.03 bits per heavy atom. The number of aromatic nitrogens is 2. The Balaban J connectivity index is 1.42. The second-order valence-electron chi connectivity index (χ2n) is 9.52. The van der Waals surface area contributed by atoms with Gasteiger partial charge in [0, 0.05) is 17.2 Å². The van der Waals surface area contributed by atoms with Crippen LogP contribution in [0, 0.1) is 11.6 Å². The molecule has 38 heavy (non-hydrogen) atoms. The lowest BCUT2D eigenvalue weighted by atomic mass is 9.90. The highest BCUT2D eigenvalue weighted by Gasteiger charge is 2.38. The summed E-state index contributed by atoms with van der Waals surface area (Å²) in [5, 5.41) is 5.79. The lowest BCUT2D eigenvalue weighted by Crippen LogP contribution is -2.49. The van der Waals surface area contributed by atoms with Crippen LogP contribution in [0.25, 0.3) is 11.5 Å². The van der Waals surface area contributed by atoms with Crippen LogP contribution in [0.3, 0.4) is 0 Å². The first kappa shape index (κ1) is 26.9. The first-order valence-electron chi connectivity index (χ1n) is 12.2. The van der Waals surface area contributed by atoms with Crippen LogP contribution in [0.5, 0.6) is 0 Å². The third-order valence-corrected chi connectivity index (χ3v) is 9.79. The molecule has 0 spiro atoms. The van der Waals surface area contributed by atoms with Gasteiger partial charge in [0.15, 0.2) is 0 Å². The average Bonchev–Trinajstić information content (AvgIpc) is 3.35. The second-order valence-corrected chi connectivity index (χ2v) is 12.1. The summed E-state index contributed by atoms with van der Waals surface area (Å²) in [6.07, 6.45) is 1.32. The van der Waals surface area contributed by atoms with Crippen molar-refractivity contribution >= 4 is 27.3 Å². The maximum atomic E-state index is 15.2. The number of hydrogen-bond donors (Lipinski definition) is 0. The molecule has 204 valence electrons. The van der Waals surface area contributed by atoms with E-state index < -0.39 is 39.2 Å². The van der Waals surface area contributed by atoms with Gasteiger partial charge in [-0.25, -0.2) is 17.2 Å². The molecule has 0 amide bonds. The zero-order valence-electron chi connectivity index (χ0n) is 20.2. The predicted molar refractivity (Wildman–Crippen MR) is 133 cm³/mol. The molecule has 0 unspecified atom stereocenters. The van der Waals surface area contributed by atoms with E-state index in [0.29, 0.717) is 32.0 Å². The third-order valence-electron chi connectivity index (χ3n) is 7.23. The number of benzene rings is 2. The third kappa shape index (κ3) is 5.39. The maximum absolute atomic E-state index is 15.2. The number of rotatable bonds is 8. The number of piperidine rings is 1. The van der Waals surface area contributed by atoms with Gasteiger partial charge in [-0.05, 0) is 69.1 Å². The number of hydrogen-bond acceptors (Lipinski definition) is 6. The number of nitrogens with zero attached hydrogens (tertiary/aromatic N) is 4. The molecule has 3 aromatic rings. The highest BCUT2D eigenvalue weighted by atomic mass is 35.5. The number of alkyl halides is 2. The van der Waals surface area contributed by atoms with Gasteiger partial charge in [0.1, 0.15) is 11.6 Å². The quantitative estimate of drug-likeness (QED) is 0.310. The van der Waals surface area contributed by atoms with Crippen LogP contribution in [0.4, 0.5) is 23.2 Å². The van der Waals surface area contributed by atoms with Crippen LogP contribution in [-0.4, -0.2) is 47.9 Å². The minimum atomic E-state index is -3.99. The molecule has 0 radical (unpaired) electrons. The Morgan fingerprint density at radius 2 is 1.76 bits per heavy atom. The van der Waals surface area contributed by atoms with Crippen LogP contribution >= 0.6 is 11.6 Å². The lowest BCUT2D eigenvalue weighted by Gasteiger charge is -2.42. The normalized spacial score (nSPS) is 17.6. The molecule has 7 nitrogen and oxygen atoms in total. The molecule has 1 aliphatic heterocycles. The fourth-order valence-corrected chi connectivity index (χ4v) is 6.91. The monoisotopic (exact) mass is 572 g/mol. The fraction of sp³-hybridized carbons (Fsp3) is 0.440. The molecule has 1 aromatic heterocycles. The van der Waals surface area contributed by atoms with Crippen LogP contribution in [0.2, 0.25) is 5.02 Å². The Hall–Kier alpha value is -2.70. The molecule has 1 saturated carbocycles. The van der Waals surface area contributed by atoms with Gasteiger partial charge < -0.3 is 9.32 Å². The summed E-state index contributed by atoms with van der Waals surface area (Å²) < 4.78 is 88.3. The van der Waals surface area contributed by atoms with Gasteiger partial charge in [0.25, 0.3) is 5.89 Å². The molecule has 0 bridgehead atoms. The highest BCUT2D eigenvalue weighted by molar-refractivity contribution is 7.93. The number of likely N-dealkylation sites (tertiary alicyclic amines) is 1. The molecule has 2 heterocycles. The van der Waals surface area contributed by atoms with Crippen LogP contribution < -0.4 is 4.31 Å². The van der Waals surface area contributed by atoms with E-state index in [1.807, 2.05) is 0 Å². The summed E-state index contributed by atoms with van der Waals surface area (Å²) >= 11 is 5.96. The first-order chi connectivity index (χ1) is 18.1. The number of anilines is 1. The smallest absolute Gasteiger partial charge is 0.314 e. The molecule has 2 fully saturated rings. The van der Waals surface area contributed by atoms with E-state index in [-0.39, 0.29) is 34.3 Å². The molecule has 0 N–H and O–H groups in total. The van der Waals surface area contributed by atoms with E-state index in [9.17, 15) is 21.6 Å². The molecule has 2 aromatic carbocycles. The minimum absolute atomic E-state index is 0.0123. The summed E-state index contributed by atoms with van der Waals surface area (Å²) in [6.45, 7) is 0.923. The molecule has 1 aliphatic carbocycles. The summed E-state index contributed by atoms with van der Waals surface area (Å²) in [5.41, 5.74) is 0.186. The standard InChI is InChI=1S/C25H25ClF4N4O3S/c26-20-13-18(6-7-21(20)27)34(38(35,36)19-8-10-33(11-9-19)17-2-1-3-17)14-16-5-4-15(12-22(16)28)24-31-32-25(37-24)23(29)30/h4-7,12-13,17,19,23H,1-3,8-11,14H2. The van der Waals surface area contributed by atoms with E-state index in [4.69, 9.17) is 16.0 Å². The summed E-state index contributed by atoms with van der Waals surface area (Å²) in [4.78, 5) is 2.32. The van der Waals surface area contributed by atoms with Crippen molar-refractivity contribution < 1.29 is 30.4 Å². The number of sulfonamides is 1. The molecular weight excluding hydrogens is 548 g/mol. The van der Waals surface area contributed by atoms with Gasteiger partial charge in [-0.15, -0.1) is 10.2 Å². The van der Waals surface area contributed by atoms with Gasteiger partial charge >= 0.3 is 6.43 Å². The van der Waals surface area contributed by atoms with Gasteiger partial charge in [0.05, 0.1) is 22.5 Å². The van der Waals surface area contributed by atoms with Crippen molar-refractivity contribution in [2.45, 2.75) is 56.4 Å². The SMILES string of the molecule is O=S(=O)(C1CCN(C2CCC2)CC1)N(Cc1ccc(-c2nnc(C(F)F)o2)cc1F)c1ccc(F)c(Cl)c1. The van der Waals surface area contributed by atoms with E-state index >= 15 is 4.39 Å². The zero-order valence-corrected chi connectivity index (χ0v) is 21.7. The summed E-state index contributed by atoms with van der Waals surface area (Å²) in [5.74, 6) is -2.69. The topological polar surface area (TPSA) is 79.5 Å². The van der Waals surface area contributed by atoms with Gasteiger partial charge in [-0.3, -0.25) is 4.31 Å². The Kier molecular flexibility index (Phi) is 7.65. The molecular formula is C25H25ClF4N4O3S. The van der Waals surface area contributed by atoms with Crippen LogP contribution in [0.1, 0.15) is 50.0 Å². The largest absolute Gasteiger partial charge is 0.415 e.